The van der Waals surface area contributed by atoms with Crippen molar-refractivity contribution in [2.45, 2.75) is 106 Å². The number of benzene rings is 1. The summed E-state index contributed by atoms with van der Waals surface area (Å²) in [5.74, 6) is 0.713. The lowest BCUT2D eigenvalue weighted by Crippen LogP contribution is -2.65. The van der Waals surface area contributed by atoms with Crippen LogP contribution in [0.3, 0.4) is 0 Å². The van der Waals surface area contributed by atoms with Gasteiger partial charge in [0.2, 0.25) is 0 Å². The average molecular weight is 543 g/mol. The molecule has 5 aliphatic carbocycles. The lowest BCUT2D eigenvalue weighted by molar-refractivity contribution is -0.184. The Labute approximate surface area is 241 Å². The van der Waals surface area contributed by atoms with E-state index in [2.05, 4.69) is 72.8 Å². The van der Waals surface area contributed by atoms with E-state index in [0.29, 0.717) is 17.6 Å². The van der Waals surface area contributed by atoms with Crippen LogP contribution < -0.4 is 0 Å². The topological polar surface area (TPSA) is 54.4 Å². The third kappa shape index (κ3) is 3.61. The summed E-state index contributed by atoms with van der Waals surface area (Å²) in [5, 5.41) is 10.6. The van der Waals surface area contributed by atoms with E-state index in [1.165, 1.54) is 5.57 Å². The molecule has 1 aromatic carbocycles. The molecule has 1 aromatic rings. The van der Waals surface area contributed by atoms with Crippen molar-refractivity contribution in [1.29, 1.82) is 0 Å². The molecule has 7 atom stereocenters. The van der Waals surface area contributed by atoms with E-state index in [1.54, 1.807) is 0 Å². The minimum absolute atomic E-state index is 0.00413. The number of hydrogen-bond acceptors (Lipinski definition) is 2. The van der Waals surface area contributed by atoms with Gasteiger partial charge in [-0.05, 0) is 114 Å². The number of hydrogen-bond donors (Lipinski definition) is 1. The van der Waals surface area contributed by atoms with Gasteiger partial charge < -0.3 is 5.11 Å². The molecule has 4 saturated carbocycles. The molecule has 0 heterocycles. The number of rotatable bonds is 2. The maximum atomic E-state index is 14.0. The predicted molar refractivity (Wildman–Crippen MR) is 161 cm³/mol. The first-order chi connectivity index (χ1) is 18.6. The van der Waals surface area contributed by atoms with E-state index >= 15 is 0 Å². The van der Waals surface area contributed by atoms with Crippen LogP contribution in [0.15, 0.2) is 47.6 Å². The highest BCUT2D eigenvalue weighted by atomic mass is 16.4. The molecule has 0 saturated heterocycles. The maximum absolute atomic E-state index is 14.0. The predicted octanol–water partition coefficient (Wildman–Crippen LogP) is 9.14. The summed E-state index contributed by atoms with van der Waals surface area (Å²) in [4.78, 5) is 26.9. The summed E-state index contributed by atoms with van der Waals surface area (Å²) in [6.45, 7) is 16.6. The minimum Gasteiger partial charge on any atom is -0.481 e. The molecule has 40 heavy (non-hydrogen) atoms. The van der Waals surface area contributed by atoms with Gasteiger partial charge in [0.1, 0.15) is 0 Å². The molecular weight excluding hydrogens is 492 g/mol. The summed E-state index contributed by atoms with van der Waals surface area (Å²) in [6.07, 6.45) is 13.3. The van der Waals surface area contributed by atoms with Gasteiger partial charge in [-0.2, -0.15) is 0 Å². The molecule has 3 nitrogen and oxygen atoms in total. The number of carboxylic acids is 1. The number of fused-ring (bicyclic) bond motifs is 7. The van der Waals surface area contributed by atoms with E-state index in [-0.39, 0.29) is 27.6 Å². The third-order valence-corrected chi connectivity index (χ3v) is 13.8. The zero-order valence-electron chi connectivity index (χ0n) is 25.9. The first-order valence-corrected chi connectivity index (χ1v) is 15.9. The van der Waals surface area contributed by atoms with Crippen LogP contribution in [0, 0.1) is 50.2 Å². The number of carbonyl (C=O) groups is 2. The molecule has 0 aliphatic heterocycles. The summed E-state index contributed by atoms with van der Waals surface area (Å²) in [6, 6.07) is 10.3. The van der Waals surface area contributed by atoms with Gasteiger partial charge in [-0.3, -0.25) is 9.59 Å². The van der Waals surface area contributed by atoms with Gasteiger partial charge >= 0.3 is 5.97 Å². The quantitative estimate of drug-likeness (QED) is 0.299. The largest absolute Gasteiger partial charge is 0.481 e. The van der Waals surface area contributed by atoms with Crippen molar-refractivity contribution in [3.8, 4) is 0 Å². The van der Waals surface area contributed by atoms with Crippen molar-refractivity contribution in [2.75, 3.05) is 0 Å². The Kier molecular flexibility index (Phi) is 6.07. The van der Waals surface area contributed by atoms with Crippen LogP contribution in [0.5, 0.6) is 0 Å². The van der Waals surface area contributed by atoms with Gasteiger partial charge in [0.15, 0.2) is 5.78 Å². The Balaban J connectivity index is 1.45. The molecule has 5 aliphatic rings. The van der Waals surface area contributed by atoms with Gasteiger partial charge in [-0.15, -0.1) is 0 Å². The van der Waals surface area contributed by atoms with E-state index in [4.69, 9.17) is 0 Å². The number of carboxylic acid groups (broad SMARTS) is 1. The number of ketones is 1. The van der Waals surface area contributed by atoms with Crippen molar-refractivity contribution < 1.29 is 14.7 Å². The van der Waals surface area contributed by atoms with Crippen LogP contribution in [0.1, 0.15) is 112 Å². The zero-order valence-corrected chi connectivity index (χ0v) is 25.9. The molecule has 6 rings (SSSR count). The Morgan fingerprint density at radius 3 is 2.25 bits per heavy atom. The third-order valence-electron chi connectivity index (χ3n) is 13.8. The van der Waals surface area contributed by atoms with Crippen molar-refractivity contribution in [3.63, 3.8) is 0 Å². The number of aliphatic carboxylic acids is 1. The fourth-order valence-electron chi connectivity index (χ4n) is 11.4. The van der Waals surface area contributed by atoms with Crippen LogP contribution >= 0.6 is 0 Å². The summed E-state index contributed by atoms with van der Waals surface area (Å²) >= 11 is 0. The van der Waals surface area contributed by atoms with Crippen LogP contribution in [-0.2, 0) is 9.59 Å². The smallest absolute Gasteiger partial charge is 0.310 e. The first-order valence-electron chi connectivity index (χ1n) is 15.9. The van der Waals surface area contributed by atoms with Crippen molar-refractivity contribution in [2.24, 2.45) is 50.2 Å². The Hall–Kier alpha value is -2.16. The SMILES string of the molecule is CC1(C)CC[C@]2(C(=O)O)CC[C@]3(C)C(=CC[C@@H]4[C@@]5(C)C/C(=C/c6ccccc6)C(=O)C(C)(C)[C@@H]5CC[C@]43C)[C@@H]2C1. The van der Waals surface area contributed by atoms with Gasteiger partial charge in [-0.1, -0.05) is 90.4 Å². The first kappa shape index (κ1) is 28.0. The number of allylic oxidation sites excluding steroid dienone is 3. The fourth-order valence-corrected chi connectivity index (χ4v) is 11.4. The Morgan fingerprint density at radius 1 is 0.900 bits per heavy atom. The highest BCUT2D eigenvalue weighted by Gasteiger charge is 2.69. The second kappa shape index (κ2) is 8.68. The van der Waals surface area contributed by atoms with Crippen molar-refractivity contribution in [1.82, 2.24) is 0 Å². The second-order valence-electron chi connectivity index (χ2n) is 16.5. The Bertz CT molecular complexity index is 1300. The molecule has 0 unspecified atom stereocenters. The van der Waals surface area contributed by atoms with Crippen LogP contribution in [0.25, 0.3) is 6.08 Å². The standard InChI is InChI=1S/C37H50O3/c1-32(2)17-19-37(31(39)40)20-18-35(6)26(27(37)23-32)13-14-29-34(5)22-25(21-24-11-9-8-10-12-24)30(38)33(3,4)28(34)15-16-36(29,35)7/h8-13,21,27-29H,14-20,22-23H2,1-7H3,(H,39,40)/b25-21-/t27-,28-,29+,34-,35+,36+,37-/m0/s1. The minimum atomic E-state index is -0.601. The fraction of sp³-hybridized carbons (Fsp3) is 0.676. The monoisotopic (exact) mass is 542 g/mol. The van der Waals surface area contributed by atoms with Crippen molar-refractivity contribution in [3.05, 3.63) is 53.1 Å². The zero-order chi connectivity index (χ0) is 28.9. The van der Waals surface area contributed by atoms with Gasteiger partial charge in [-0.25, -0.2) is 0 Å². The molecule has 216 valence electrons. The molecule has 0 bridgehead atoms. The van der Waals surface area contributed by atoms with E-state index in [9.17, 15) is 14.7 Å². The molecule has 3 heteroatoms. The highest BCUT2D eigenvalue weighted by Crippen LogP contribution is 2.75. The molecule has 0 amide bonds. The summed E-state index contributed by atoms with van der Waals surface area (Å²) in [7, 11) is 0. The molecule has 4 fully saturated rings. The van der Waals surface area contributed by atoms with Gasteiger partial charge in [0.05, 0.1) is 5.41 Å². The molecule has 0 aromatic heterocycles. The van der Waals surface area contributed by atoms with E-state index in [1.807, 2.05) is 18.2 Å². The molecule has 1 N–H and O–H groups in total. The van der Waals surface area contributed by atoms with E-state index < -0.39 is 16.8 Å². The van der Waals surface area contributed by atoms with Crippen LogP contribution in [-0.4, -0.2) is 16.9 Å². The van der Waals surface area contributed by atoms with Gasteiger partial charge in [0.25, 0.3) is 0 Å². The summed E-state index contributed by atoms with van der Waals surface area (Å²) in [5.41, 5.74) is 2.85. The maximum Gasteiger partial charge on any atom is 0.310 e. The van der Waals surface area contributed by atoms with Crippen molar-refractivity contribution >= 4 is 17.8 Å². The summed E-state index contributed by atoms with van der Waals surface area (Å²) < 4.78 is 0. The second-order valence-corrected chi connectivity index (χ2v) is 16.5. The van der Waals surface area contributed by atoms with Gasteiger partial charge in [0, 0.05) is 5.41 Å². The number of carbonyl (C=O) groups excluding carboxylic acids is 1. The van der Waals surface area contributed by atoms with E-state index in [0.717, 1.165) is 68.9 Å². The average Bonchev–Trinajstić information content (AvgIpc) is 2.87. The molecular formula is C37H50O3. The normalized spacial score (nSPS) is 44.5. The molecule has 0 radical (unpaired) electrons. The van der Waals surface area contributed by atoms with Crippen LogP contribution in [0.4, 0.5) is 0 Å². The molecule has 0 spiro atoms. The highest BCUT2D eigenvalue weighted by molar-refractivity contribution is 6.04. The van der Waals surface area contributed by atoms with Crippen LogP contribution in [0.2, 0.25) is 0 Å². The lowest BCUT2D eigenvalue weighted by Gasteiger charge is -2.70. The number of Topliss-reactive ketones (excluding diaryl/α,β-unsaturated/α-hetero) is 1. The lowest BCUT2D eigenvalue weighted by atomic mass is 9.33. The Morgan fingerprint density at radius 2 is 1.57 bits per heavy atom.